The molecule has 2 aromatic heterocycles. The van der Waals surface area contributed by atoms with Crippen LogP contribution in [0.15, 0.2) is 24.4 Å². The van der Waals surface area contributed by atoms with E-state index in [0.717, 1.165) is 30.6 Å². The molecule has 0 aliphatic heterocycles. The Balaban J connectivity index is 2.21. The summed E-state index contributed by atoms with van der Waals surface area (Å²) in [4.78, 5) is 16.9. The summed E-state index contributed by atoms with van der Waals surface area (Å²) in [6.07, 6.45) is 4.46. The SMILES string of the molecule is CCCc1nc2ccccn2c1C(=O)NCCCOC. The van der Waals surface area contributed by atoms with Crippen molar-refractivity contribution in [1.29, 1.82) is 0 Å². The van der Waals surface area contributed by atoms with Crippen LogP contribution in [0.3, 0.4) is 0 Å². The van der Waals surface area contributed by atoms with E-state index in [1.165, 1.54) is 0 Å². The molecule has 5 heteroatoms. The van der Waals surface area contributed by atoms with Crippen molar-refractivity contribution in [2.24, 2.45) is 0 Å². The predicted octanol–water partition coefficient (Wildman–Crippen LogP) is 2.05. The van der Waals surface area contributed by atoms with Crippen molar-refractivity contribution in [3.8, 4) is 0 Å². The van der Waals surface area contributed by atoms with E-state index in [-0.39, 0.29) is 5.91 Å². The first-order valence-electron chi connectivity index (χ1n) is 7.01. The van der Waals surface area contributed by atoms with Gasteiger partial charge in [-0.15, -0.1) is 0 Å². The first kappa shape index (κ1) is 14.5. The van der Waals surface area contributed by atoms with Gasteiger partial charge in [0.15, 0.2) is 0 Å². The van der Waals surface area contributed by atoms with E-state index in [1.807, 2.05) is 28.8 Å². The Hall–Kier alpha value is -1.88. The third-order valence-electron chi connectivity index (χ3n) is 3.11. The van der Waals surface area contributed by atoms with Gasteiger partial charge in [-0.25, -0.2) is 4.98 Å². The lowest BCUT2D eigenvalue weighted by atomic mass is 10.2. The zero-order valence-corrected chi connectivity index (χ0v) is 12.1. The highest BCUT2D eigenvalue weighted by Gasteiger charge is 2.17. The highest BCUT2D eigenvalue weighted by molar-refractivity contribution is 5.94. The number of aryl methyl sites for hydroxylation is 1. The molecule has 0 aliphatic carbocycles. The fourth-order valence-corrected chi connectivity index (χ4v) is 2.20. The average Bonchev–Trinajstić information content (AvgIpc) is 2.82. The fraction of sp³-hybridized carbons (Fsp3) is 0.467. The molecule has 0 spiro atoms. The molecule has 0 bridgehead atoms. The maximum atomic E-state index is 12.4. The Morgan fingerprint density at radius 3 is 3.05 bits per heavy atom. The van der Waals surface area contributed by atoms with Crippen LogP contribution >= 0.6 is 0 Å². The van der Waals surface area contributed by atoms with Crippen LogP contribution in [0.5, 0.6) is 0 Å². The van der Waals surface area contributed by atoms with Crippen LogP contribution in [-0.2, 0) is 11.2 Å². The number of amides is 1. The molecule has 20 heavy (non-hydrogen) atoms. The van der Waals surface area contributed by atoms with Gasteiger partial charge in [0.05, 0.1) is 5.69 Å². The minimum atomic E-state index is -0.0664. The second kappa shape index (κ2) is 7.05. The smallest absolute Gasteiger partial charge is 0.270 e. The summed E-state index contributed by atoms with van der Waals surface area (Å²) in [5.41, 5.74) is 2.33. The lowest BCUT2D eigenvalue weighted by Gasteiger charge is -2.06. The maximum absolute atomic E-state index is 12.4. The molecule has 2 aromatic rings. The summed E-state index contributed by atoms with van der Waals surface area (Å²) in [5.74, 6) is -0.0664. The van der Waals surface area contributed by atoms with Crippen molar-refractivity contribution in [3.05, 3.63) is 35.8 Å². The molecule has 2 heterocycles. The van der Waals surface area contributed by atoms with Crippen molar-refractivity contribution < 1.29 is 9.53 Å². The third-order valence-corrected chi connectivity index (χ3v) is 3.11. The normalized spacial score (nSPS) is 10.9. The van der Waals surface area contributed by atoms with Crippen LogP contribution in [-0.4, -0.2) is 35.6 Å². The van der Waals surface area contributed by atoms with E-state index in [2.05, 4.69) is 17.2 Å². The molecule has 0 aliphatic rings. The van der Waals surface area contributed by atoms with Crippen LogP contribution in [0.4, 0.5) is 0 Å². The molecule has 5 nitrogen and oxygen atoms in total. The number of imidazole rings is 1. The van der Waals surface area contributed by atoms with Crippen LogP contribution < -0.4 is 5.32 Å². The minimum absolute atomic E-state index is 0.0664. The Labute approximate surface area is 119 Å². The van der Waals surface area contributed by atoms with E-state index >= 15 is 0 Å². The summed E-state index contributed by atoms with van der Waals surface area (Å²) in [5, 5.41) is 2.93. The third kappa shape index (κ3) is 3.17. The fourth-order valence-electron chi connectivity index (χ4n) is 2.20. The molecule has 0 unspecified atom stereocenters. The first-order chi connectivity index (χ1) is 9.77. The molecule has 2 rings (SSSR count). The molecule has 0 radical (unpaired) electrons. The Morgan fingerprint density at radius 1 is 1.45 bits per heavy atom. The minimum Gasteiger partial charge on any atom is -0.385 e. The number of pyridine rings is 1. The first-order valence-corrected chi connectivity index (χ1v) is 7.01. The zero-order valence-electron chi connectivity index (χ0n) is 12.1. The van der Waals surface area contributed by atoms with Gasteiger partial charge in [-0.2, -0.15) is 0 Å². The molecule has 0 aromatic carbocycles. The topological polar surface area (TPSA) is 55.6 Å². The molecular weight excluding hydrogens is 254 g/mol. The number of hydrogen-bond acceptors (Lipinski definition) is 3. The number of fused-ring (bicyclic) bond motifs is 1. The van der Waals surface area contributed by atoms with E-state index in [9.17, 15) is 4.79 Å². The van der Waals surface area contributed by atoms with Crippen LogP contribution in [0, 0.1) is 0 Å². The Bertz CT molecular complexity index is 578. The summed E-state index contributed by atoms with van der Waals surface area (Å²) in [7, 11) is 1.66. The van der Waals surface area contributed by atoms with Crippen LogP contribution in [0.25, 0.3) is 5.65 Å². The molecule has 0 fully saturated rings. The number of methoxy groups -OCH3 is 1. The largest absolute Gasteiger partial charge is 0.385 e. The summed E-state index contributed by atoms with van der Waals surface area (Å²) < 4.78 is 6.84. The maximum Gasteiger partial charge on any atom is 0.270 e. The van der Waals surface area contributed by atoms with Gasteiger partial charge in [-0.05, 0) is 25.0 Å². The molecule has 1 amide bonds. The summed E-state index contributed by atoms with van der Waals surface area (Å²) in [6, 6.07) is 5.76. The summed E-state index contributed by atoms with van der Waals surface area (Å²) >= 11 is 0. The van der Waals surface area contributed by atoms with Crippen molar-refractivity contribution in [3.63, 3.8) is 0 Å². The number of rotatable bonds is 7. The second-order valence-electron chi connectivity index (χ2n) is 4.69. The second-order valence-corrected chi connectivity index (χ2v) is 4.69. The van der Waals surface area contributed by atoms with Crippen LogP contribution in [0.1, 0.15) is 35.9 Å². The lowest BCUT2D eigenvalue weighted by molar-refractivity contribution is 0.0941. The number of hydrogen-bond donors (Lipinski definition) is 1. The monoisotopic (exact) mass is 275 g/mol. The molecule has 1 N–H and O–H groups in total. The Kier molecular flexibility index (Phi) is 5.12. The van der Waals surface area contributed by atoms with Crippen molar-refractivity contribution in [2.45, 2.75) is 26.2 Å². The molecule has 108 valence electrons. The standard InChI is InChI=1S/C15H21N3O2/c1-3-7-12-14(15(19)16-9-6-11-20-2)18-10-5-4-8-13(18)17-12/h4-5,8,10H,3,6-7,9,11H2,1-2H3,(H,16,19). The van der Waals surface area contributed by atoms with E-state index in [1.54, 1.807) is 7.11 Å². The van der Waals surface area contributed by atoms with Gasteiger partial charge in [0.25, 0.3) is 5.91 Å². The highest BCUT2D eigenvalue weighted by Crippen LogP contribution is 2.14. The quantitative estimate of drug-likeness (QED) is 0.787. The predicted molar refractivity (Wildman–Crippen MR) is 78.0 cm³/mol. The van der Waals surface area contributed by atoms with Crippen LogP contribution in [0.2, 0.25) is 0 Å². The zero-order chi connectivity index (χ0) is 14.4. The number of nitrogens with zero attached hydrogens (tertiary/aromatic N) is 2. The number of carbonyl (C=O) groups is 1. The van der Waals surface area contributed by atoms with E-state index in [0.29, 0.717) is 18.8 Å². The van der Waals surface area contributed by atoms with Gasteiger partial charge in [0, 0.05) is 26.5 Å². The number of carbonyl (C=O) groups excluding carboxylic acids is 1. The van der Waals surface area contributed by atoms with Crippen molar-refractivity contribution in [2.75, 3.05) is 20.3 Å². The average molecular weight is 275 g/mol. The number of ether oxygens (including phenoxy) is 1. The van der Waals surface area contributed by atoms with Crippen molar-refractivity contribution >= 4 is 11.6 Å². The van der Waals surface area contributed by atoms with Gasteiger partial charge < -0.3 is 10.1 Å². The molecule has 0 saturated heterocycles. The van der Waals surface area contributed by atoms with E-state index in [4.69, 9.17) is 4.74 Å². The number of aromatic nitrogens is 2. The van der Waals surface area contributed by atoms with Gasteiger partial charge in [0.2, 0.25) is 0 Å². The summed E-state index contributed by atoms with van der Waals surface area (Å²) in [6.45, 7) is 3.35. The van der Waals surface area contributed by atoms with Gasteiger partial charge in [-0.3, -0.25) is 9.20 Å². The molecule has 0 saturated carbocycles. The van der Waals surface area contributed by atoms with Crippen molar-refractivity contribution in [1.82, 2.24) is 14.7 Å². The number of nitrogens with one attached hydrogen (secondary N) is 1. The molecule has 0 atom stereocenters. The highest BCUT2D eigenvalue weighted by atomic mass is 16.5. The van der Waals surface area contributed by atoms with Gasteiger partial charge in [0.1, 0.15) is 11.3 Å². The van der Waals surface area contributed by atoms with E-state index < -0.39 is 0 Å². The van der Waals surface area contributed by atoms with Gasteiger partial charge in [-0.1, -0.05) is 19.4 Å². The molecular formula is C15H21N3O2. The lowest BCUT2D eigenvalue weighted by Crippen LogP contribution is -2.27. The Morgan fingerprint density at radius 2 is 2.30 bits per heavy atom. The van der Waals surface area contributed by atoms with Gasteiger partial charge >= 0.3 is 0 Å².